The van der Waals surface area contributed by atoms with Gasteiger partial charge in [0.15, 0.2) is 11.6 Å². The normalized spacial score (nSPS) is 14.4. The third-order valence-electron chi connectivity index (χ3n) is 2.98. The van der Waals surface area contributed by atoms with Crippen LogP contribution in [0.5, 0.6) is 0 Å². The Hall–Kier alpha value is -1.62. The van der Waals surface area contributed by atoms with Gasteiger partial charge in [-0.05, 0) is 32.7 Å². The van der Waals surface area contributed by atoms with Crippen molar-refractivity contribution in [1.82, 2.24) is 4.48 Å². The number of rotatable bonds is 2. The molecule has 1 aromatic heterocycles. The molecule has 1 aliphatic carbocycles. The lowest BCUT2D eigenvalue weighted by Crippen LogP contribution is -2.21. The van der Waals surface area contributed by atoms with Crippen LogP contribution in [0.4, 0.5) is 0 Å². The second-order valence-electron chi connectivity index (χ2n) is 4.27. The van der Waals surface area contributed by atoms with Crippen molar-refractivity contribution in [2.75, 3.05) is 0 Å². The van der Waals surface area contributed by atoms with Gasteiger partial charge in [0.05, 0.1) is 5.56 Å². The van der Waals surface area contributed by atoms with Crippen LogP contribution in [0.3, 0.4) is 0 Å². The predicted octanol–water partition coefficient (Wildman–Crippen LogP) is 1.33. The largest absolute Gasteiger partial charge is 0.432 e. The number of carbonyl (C=O) groups excluding carboxylic acids is 2. The van der Waals surface area contributed by atoms with Crippen LogP contribution in [0.25, 0.3) is 0 Å². The van der Waals surface area contributed by atoms with Gasteiger partial charge in [-0.2, -0.15) is 0 Å². The first-order chi connectivity index (χ1) is 8.02. The van der Waals surface area contributed by atoms with E-state index in [1.807, 2.05) is 0 Å². The Kier molecular flexibility index (Phi) is 3.02. The van der Waals surface area contributed by atoms with E-state index >= 15 is 0 Å². The van der Waals surface area contributed by atoms with Crippen molar-refractivity contribution < 1.29 is 14.6 Å². The third kappa shape index (κ3) is 1.98. The van der Waals surface area contributed by atoms with Gasteiger partial charge >= 0.3 is 7.05 Å². The maximum Gasteiger partial charge on any atom is 0.413 e. The summed E-state index contributed by atoms with van der Waals surface area (Å²) in [5.41, 5.74) is 1.60. The number of carbonyl (C=O) groups is 2. The fraction of sp³-hybridized carbons (Fsp3) is 0.333. The molecule has 0 bridgehead atoms. The average Bonchev–Trinajstić information content (AvgIpc) is 2.54. The van der Waals surface area contributed by atoms with E-state index in [1.165, 1.54) is 13.0 Å². The number of ketones is 2. The van der Waals surface area contributed by atoms with Gasteiger partial charge in [-0.1, -0.05) is 6.08 Å². The molecule has 0 fully saturated rings. The van der Waals surface area contributed by atoms with Crippen LogP contribution in [0.1, 0.15) is 39.8 Å². The first kappa shape index (κ1) is 11.9. The molecule has 0 unspecified atom stereocenters. The molecule has 0 atom stereocenters. The fourth-order valence-corrected chi connectivity index (χ4v) is 2.19. The second-order valence-corrected chi connectivity index (χ2v) is 4.27. The van der Waals surface area contributed by atoms with E-state index in [-0.39, 0.29) is 11.6 Å². The van der Waals surface area contributed by atoms with E-state index in [9.17, 15) is 14.6 Å². The van der Waals surface area contributed by atoms with E-state index in [0.717, 1.165) is 12.1 Å². The summed E-state index contributed by atoms with van der Waals surface area (Å²) in [5.74, 6) is -0.300. The minimum Gasteiger partial charge on any atom is -0.432 e. The molecule has 88 valence electrons. The van der Waals surface area contributed by atoms with Crippen molar-refractivity contribution in [3.8, 4) is 0 Å². The average molecular weight is 231 g/mol. The molecule has 0 radical (unpaired) electrons. The number of allylic oxidation sites excluding steroid dienone is 2. The molecule has 1 aliphatic rings. The molecule has 0 saturated heterocycles. The highest BCUT2D eigenvalue weighted by Crippen LogP contribution is 2.23. The Balaban J connectivity index is 2.68. The van der Waals surface area contributed by atoms with Crippen LogP contribution < -0.4 is 0 Å². The number of nitrogens with zero attached hydrogens (tertiary/aromatic N) is 1. The van der Waals surface area contributed by atoms with Gasteiger partial charge in [0, 0.05) is 17.5 Å². The van der Waals surface area contributed by atoms with E-state index in [0.29, 0.717) is 17.5 Å². The predicted molar refractivity (Wildman–Crippen MR) is 65.5 cm³/mol. The number of Topliss-reactive ketones (excluding diaryl/α,β-unsaturated/α-hetero) is 1. The first-order valence-electron chi connectivity index (χ1n) is 5.66. The summed E-state index contributed by atoms with van der Waals surface area (Å²) >= 11 is 0. The first-order valence-corrected chi connectivity index (χ1v) is 5.66. The summed E-state index contributed by atoms with van der Waals surface area (Å²) in [4.78, 5) is 23.5. The lowest BCUT2D eigenvalue weighted by atomic mass is 9.87. The Labute approximate surface area is 100 Å². The smallest absolute Gasteiger partial charge is 0.413 e. The van der Waals surface area contributed by atoms with Crippen molar-refractivity contribution >= 4 is 18.6 Å². The Bertz CT molecular complexity index is 514. The highest BCUT2D eigenvalue weighted by atomic mass is 16.2. The number of aromatic nitrogens is 1. The molecule has 1 heterocycles. The highest BCUT2D eigenvalue weighted by molar-refractivity contribution is 6.47. The van der Waals surface area contributed by atoms with Crippen LogP contribution >= 0.6 is 0 Å². The summed E-state index contributed by atoms with van der Waals surface area (Å²) in [5, 5.41) is 9.67. The highest BCUT2D eigenvalue weighted by Gasteiger charge is 2.26. The van der Waals surface area contributed by atoms with E-state index in [1.54, 1.807) is 23.6 Å². The maximum atomic E-state index is 11.9. The van der Waals surface area contributed by atoms with Crippen molar-refractivity contribution in [2.24, 2.45) is 0 Å². The summed E-state index contributed by atoms with van der Waals surface area (Å²) in [6.07, 6.45) is 6.29. The quantitative estimate of drug-likeness (QED) is 0.617. The molecule has 0 amide bonds. The van der Waals surface area contributed by atoms with Gasteiger partial charge in [0.25, 0.3) is 0 Å². The number of hydrogen-bond donors (Lipinski definition) is 1. The van der Waals surface area contributed by atoms with E-state index < -0.39 is 7.05 Å². The van der Waals surface area contributed by atoms with Gasteiger partial charge < -0.3 is 9.50 Å². The topological polar surface area (TPSA) is 59.3 Å². The molecule has 17 heavy (non-hydrogen) atoms. The number of fused-ring (bicyclic) bond motifs is 1. The Morgan fingerprint density at radius 3 is 2.82 bits per heavy atom. The SMILES string of the molecule is CB(O)n1cc(C(C)=O)c2c1CCC=CC2=O. The summed E-state index contributed by atoms with van der Waals surface area (Å²) < 4.78 is 1.61. The minimum atomic E-state index is -0.734. The zero-order valence-electron chi connectivity index (χ0n) is 9.93. The van der Waals surface area contributed by atoms with Crippen molar-refractivity contribution in [2.45, 2.75) is 26.6 Å². The van der Waals surface area contributed by atoms with Crippen LogP contribution in [-0.2, 0) is 6.42 Å². The van der Waals surface area contributed by atoms with Crippen LogP contribution in [0, 0.1) is 0 Å². The zero-order valence-corrected chi connectivity index (χ0v) is 9.93. The molecule has 1 aromatic rings. The summed E-state index contributed by atoms with van der Waals surface area (Å²) in [7, 11) is -0.734. The monoisotopic (exact) mass is 231 g/mol. The molecule has 0 aliphatic heterocycles. The summed E-state index contributed by atoms with van der Waals surface area (Å²) in [6, 6.07) is 0. The molecule has 5 heteroatoms. The molecule has 0 saturated carbocycles. The van der Waals surface area contributed by atoms with Gasteiger partial charge in [-0.15, -0.1) is 0 Å². The van der Waals surface area contributed by atoms with Crippen molar-refractivity contribution in [3.63, 3.8) is 0 Å². The summed E-state index contributed by atoms with van der Waals surface area (Å²) in [6.45, 7) is 3.05. The molecule has 0 aromatic carbocycles. The molecular formula is C12H14BNO3. The standard InChI is InChI=1S/C12H14BNO3/c1-8(15)9-7-14(13(2)17)10-5-3-4-6-11(16)12(9)10/h4,6-7,17H,3,5H2,1-2H3. The molecule has 1 N–H and O–H groups in total. The van der Waals surface area contributed by atoms with Gasteiger partial charge in [-0.25, -0.2) is 0 Å². The lowest BCUT2D eigenvalue weighted by Gasteiger charge is -2.08. The molecule has 2 rings (SSSR count). The van der Waals surface area contributed by atoms with E-state index in [4.69, 9.17) is 0 Å². The van der Waals surface area contributed by atoms with Crippen LogP contribution in [0.2, 0.25) is 6.82 Å². The zero-order chi connectivity index (χ0) is 12.6. The van der Waals surface area contributed by atoms with Gasteiger partial charge in [0.1, 0.15) is 0 Å². The molecule has 0 spiro atoms. The molecule has 4 nitrogen and oxygen atoms in total. The Morgan fingerprint density at radius 1 is 1.53 bits per heavy atom. The minimum absolute atomic E-state index is 0.149. The van der Waals surface area contributed by atoms with E-state index in [2.05, 4.69) is 0 Å². The van der Waals surface area contributed by atoms with Crippen LogP contribution in [-0.4, -0.2) is 28.1 Å². The van der Waals surface area contributed by atoms with Crippen molar-refractivity contribution in [3.05, 3.63) is 35.2 Å². The fourth-order valence-electron chi connectivity index (χ4n) is 2.19. The lowest BCUT2D eigenvalue weighted by molar-refractivity contribution is 0.0993. The van der Waals surface area contributed by atoms with Crippen molar-refractivity contribution in [1.29, 1.82) is 0 Å². The third-order valence-corrected chi connectivity index (χ3v) is 2.98. The number of hydrogen-bond acceptors (Lipinski definition) is 3. The van der Waals surface area contributed by atoms with Gasteiger partial charge in [-0.3, -0.25) is 9.59 Å². The second kappa shape index (κ2) is 4.33. The molecular weight excluding hydrogens is 217 g/mol. The maximum absolute atomic E-state index is 11.9. The van der Waals surface area contributed by atoms with Gasteiger partial charge in [0.2, 0.25) is 0 Å². The van der Waals surface area contributed by atoms with Crippen LogP contribution in [0.15, 0.2) is 18.3 Å². The Morgan fingerprint density at radius 2 is 2.24 bits per heavy atom.